The molecule has 1 N–H and O–H groups in total. The van der Waals surface area contributed by atoms with Crippen molar-refractivity contribution in [1.82, 2.24) is 4.90 Å². The molecular formula is C15H29NO. The maximum atomic E-state index is 9.97. The van der Waals surface area contributed by atoms with Crippen LogP contribution in [0.5, 0.6) is 0 Å². The average Bonchev–Trinajstić information content (AvgIpc) is 2.79. The summed E-state index contributed by atoms with van der Waals surface area (Å²) in [7, 11) is 2.28. The molecule has 0 radical (unpaired) electrons. The van der Waals surface area contributed by atoms with Crippen LogP contribution in [0.4, 0.5) is 0 Å². The van der Waals surface area contributed by atoms with E-state index < -0.39 is 0 Å². The maximum Gasteiger partial charge on any atom is 0.0555 e. The smallest absolute Gasteiger partial charge is 0.0555 e. The summed E-state index contributed by atoms with van der Waals surface area (Å²) in [5.41, 5.74) is 0.557. The van der Waals surface area contributed by atoms with E-state index >= 15 is 0 Å². The standard InChI is InChI=1S/C15H29NO/c1-3-4-11-16(2)14-12-13(17)7-10-15(14)8-5-6-9-15/h13-14,17H,3-12H2,1-2H3. The minimum Gasteiger partial charge on any atom is -0.393 e. The van der Waals surface area contributed by atoms with E-state index in [9.17, 15) is 5.11 Å². The molecule has 17 heavy (non-hydrogen) atoms. The van der Waals surface area contributed by atoms with Crippen LogP contribution in [0, 0.1) is 5.41 Å². The highest BCUT2D eigenvalue weighted by molar-refractivity contribution is 4.99. The second kappa shape index (κ2) is 5.71. The molecule has 0 bridgehead atoms. The Balaban J connectivity index is 2.03. The van der Waals surface area contributed by atoms with E-state index in [1.807, 2.05) is 0 Å². The van der Waals surface area contributed by atoms with Crippen molar-refractivity contribution in [3.63, 3.8) is 0 Å². The van der Waals surface area contributed by atoms with Gasteiger partial charge >= 0.3 is 0 Å². The monoisotopic (exact) mass is 239 g/mol. The summed E-state index contributed by atoms with van der Waals surface area (Å²) in [4.78, 5) is 2.55. The van der Waals surface area contributed by atoms with E-state index in [0.717, 1.165) is 12.8 Å². The van der Waals surface area contributed by atoms with Gasteiger partial charge in [0.15, 0.2) is 0 Å². The van der Waals surface area contributed by atoms with Crippen LogP contribution in [0.1, 0.15) is 64.7 Å². The molecule has 0 saturated heterocycles. The lowest BCUT2D eigenvalue weighted by Crippen LogP contribution is -2.50. The topological polar surface area (TPSA) is 23.5 Å². The highest BCUT2D eigenvalue weighted by Crippen LogP contribution is 2.50. The molecule has 2 aliphatic carbocycles. The summed E-state index contributed by atoms with van der Waals surface area (Å²) in [6.45, 7) is 3.46. The minimum absolute atomic E-state index is 0.0460. The zero-order chi connectivity index (χ0) is 12.3. The molecule has 2 saturated carbocycles. The summed E-state index contributed by atoms with van der Waals surface area (Å²) in [6.07, 6.45) is 11.5. The fraction of sp³-hybridized carbons (Fsp3) is 1.00. The molecule has 2 aliphatic rings. The van der Waals surface area contributed by atoms with Crippen molar-refractivity contribution in [2.24, 2.45) is 5.41 Å². The van der Waals surface area contributed by atoms with E-state index in [-0.39, 0.29) is 6.10 Å². The lowest BCUT2D eigenvalue weighted by Gasteiger charge is -2.47. The molecule has 0 aromatic rings. The number of aliphatic hydroxyl groups is 1. The third kappa shape index (κ3) is 2.85. The Morgan fingerprint density at radius 3 is 2.59 bits per heavy atom. The predicted molar refractivity (Wildman–Crippen MR) is 72.1 cm³/mol. The number of rotatable bonds is 4. The number of hydrogen-bond donors (Lipinski definition) is 1. The summed E-state index contributed by atoms with van der Waals surface area (Å²) in [5.74, 6) is 0. The van der Waals surface area contributed by atoms with Crippen LogP contribution in [0.25, 0.3) is 0 Å². The summed E-state index contributed by atoms with van der Waals surface area (Å²) >= 11 is 0. The van der Waals surface area contributed by atoms with E-state index in [1.54, 1.807) is 0 Å². The van der Waals surface area contributed by atoms with E-state index in [2.05, 4.69) is 18.9 Å². The zero-order valence-corrected chi connectivity index (χ0v) is 11.6. The van der Waals surface area contributed by atoms with E-state index in [0.29, 0.717) is 11.5 Å². The lowest BCUT2D eigenvalue weighted by molar-refractivity contribution is -0.0170. The van der Waals surface area contributed by atoms with Gasteiger partial charge in [-0.1, -0.05) is 26.2 Å². The molecule has 1 spiro atoms. The number of unbranched alkanes of at least 4 members (excludes halogenated alkanes) is 1. The van der Waals surface area contributed by atoms with Gasteiger partial charge in [-0.3, -0.25) is 0 Å². The summed E-state index contributed by atoms with van der Waals surface area (Å²) in [6, 6.07) is 0.639. The quantitative estimate of drug-likeness (QED) is 0.814. The van der Waals surface area contributed by atoms with Gasteiger partial charge in [0.05, 0.1) is 6.10 Å². The first-order chi connectivity index (χ1) is 8.18. The molecule has 2 atom stereocenters. The Morgan fingerprint density at radius 1 is 1.24 bits per heavy atom. The third-order valence-corrected chi connectivity index (χ3v) is 5.17. The van der Waals surface area contributed by atoms with Gasteiger partial charge in [0, 0.05) is 6.04 Å². The van der Waals surface area contributed by atoms with Crippen LogP contribution < -0.4 is 0 Å². The molecule has 2 fully saturated rings. The van der Waals surface area contributed by atoms with Crippen molar-refractivity contribution >= 4 is 0 Å². The van der Waals surface area contributed by atoms with Gasteiger partial charge in [-0.25, -0.2) is 0 Å². The maximum absolute atomic E-state index is 9.97. The van der Waals surface area contributed by atoms with Crippen LogP contribution in [0.15, 0.2) is 0 Å². The van der Waals surface area contributed by atoms with Crippen LogP contribution in [-0.2, 0) is 0 Å². The second-order valence-electron chi connectivity index (χ2n) is 6.35. The van der Waals surface area contributed by atoms with E-state index in [4.69, 9.17) is 0 Å². The SMILES string of the molecule is CCCCN(C)C1CC(O)CCC12CCCC2. The van der Waals surface area contributed by atoms with Gasteiger partial charge in [-0.15, -0.1) is 0 Å². The normalized spacial score (nSPS) is 32.5. The summed E-state index contributed by atoms with van der Waals surface area (Å²) < 4.78 is 0. The molecular weight excluding hydrogens is 210 g/mol. The predicted octanol–water partition coefficient (Wildman–Crippen LogP) is 3.19. The Bertz CT molecular complexity index is 235. The molecule has 0 aromatic heterocycles. The van der Waals surface area contributed by atoms with Crippen molar-refractivity contribution in [3.8, 4) is 0 Å². The molecule has 2 unspecified atom stereocenters. The van der Waals surface area contributed by atoms with Gasteiger partial charge in [-0.2, -0.15) is 0 Å². The van der Waals surface area contributed by atoms with Crippen molar-refractivity contribution in [2.75, 3.05) is 13.6 Å². The first-order valence-electron chi connectivity index (χ1n) is 7.56. The van der Waals surface area contributed by atoms with Gasteiger partial charge in [0.25, 0.3) is 0 Å². The van der Waals surface area contributed by atoms with Crippen molar-refractivity contribution < 1.29 is 5.11 Å². The molecule has 2 heteroatoms. The zero-order valence-electron chi connectivity index (χ0n) is 11.6. The number of aliphatic hydroxyl groups excluding tert-OH is 1. The van der Waals surface area contributed by atoms with Crippen molar-refractivity contribution in [3.05, 3.63) is 0 Å². The first kappa shape index (κ1) is 13.4. The van der Waals surface area contributed by atoms with E-state index in [1.165, 1.54) is 51.5 Å². The fourth-order valence-corrected chi connectivity index (χ4v) is 4.12. The van der Waals surface area contributed by atoms with Crippen LogP contribution in [0.2, 0.25) is 0 Å². The highest BCUT2D eigenvalue weighted by atomic mass is 16.3. The average molecular weight is 239 g/mol. The molecule has 100 valence electrons. The Labute approximate surface area is 106 Å². The Hall–Kier alpha value is -0.0800. The van der Waals surface area contributed by atoms with Crippen LogP contribution in [-0.4, -0.2) is 35.7 Å². The minimum atomic E-state index is -0.0460. The Kier molecular flexibility index (Phi) is 4.48. The van der Waals surface area contributed by atoms with Gasteiger partial charge in [-0.05, 0) is 57.5 Å². The van der Waals surface area contributed by atoms with Gasteiger partial charge in [0.1, 0.15) is 0 Å². The van der Waals surface area contributed by atoms with Crippen molar-refractivity contribution in [1.29, 1.82) is 0 Å². The van der Waals surface area contributed by atoms with Crippen LogP contribution >= 0.6 is 0 Å². The number of hydrogen-bond acceptors (Lipinski definition) is 2. The molecule has 2 rings (SSSR count). The molecule has 0 amide bonds. The summed E-state index contributed by atoms with van der Waals surface area (Å²) in [5, 5.41) is 9.97. The molecule has 0 heterocycles. The highest BCUT2D eigenvalue weighted by Gasteiger charge is 2.46. The van der Waals surface area contributed by atoms with Crippen molar-refractivity contribution in [2.45, 2.75) is 76.9 Å². The molecule has 0 aromatic carbocycles. The second-order valence-corrected chi connectivity index (χ2v) is 6.35. The largest absolute Gasteiger partial charge is 0.393 e. The first-order valence-corrected chi connectivity index (χ1v) is 7.56. The molecule has 0 aliphatic heterocycles. The number of nitrogens with zero attached hydrogens (tertiary/aromatic N) is 1. The molecule has 2 nitrogen and oxygen atoms in total. The van der Waals surface area contributed by atoms with Gasteiger partial charge in [0.2, 0.25) is 0 Å². The fourth-order valence-electron chi connectivity index (χ4n) is 4.12. The Morgan fingerprint density at radius 2 is 1.94 bits per heavy atom. The lowest BCUT2D eigenvalue weighted by atomic mass is 9.67. The van der Waals surface area contributed by atoms with Gasteiger partial charge < -0.3 is 10.0 Å². The van der Waals surface area contributed by atoms with Crippen LogP contribution in [0.3, 0.4) is 0 Å². The third-order valence-electron chi connectivity index (χ3n) is 5.17.